The zero-order chi connectivity index (χ0) is 15.6. The summed E-state index contributed by atoms with van der Waals surface area (Å²) in [4.78, 5) is 8.61. The molecular weight excluding hydrogens is 286 g/mol. The maximum absolute atomic E-state index is 6.11. The Labute approximate surface area is 133 Å². The number of anilines is 1. The summed E-state index contributed by atoms with van der Waals surface area (Å²) in [6.07, 6.45) is 8.04. The molecule has 0 aliphatic rings. The first-order valence-electron chi connectivity index (χ1n) is 7.38. The van der Waals surface area contributed by atoms with Crippen molar-refractivity contribution in [2.45, 2.75) is 6.42 Å². The number of aromatic nitrogens is 4. The number of nitrogens with zero attached hydrogens (tertiary/aromatic N) is 4. The van der Waals surface area contributed by atoms with Crippen LogP contribution in [0.1, 0.15) is 11.1 Å². The van der Waals surface area contributed by atoms with E-state index in [1.165, 1.54) is 5.56 Å². The van der Waals surface area contributed by atoms with Crippen molar-refractivity contribution < 1.29 is 0 Å². The summed E-state index contributed by atoms with van der Waals surface area (Å²) in [7, 11) is 0. The van der Waals surface area contributed by atoms with Crippen LogP contribution in [-0.4, -0.2) is 19.6 Å². The third-order valence-corrected chi connectivity index (χ3v) is 3.84. The number of rotatable bonds is 3. The minimum absolute atomic E-state index is 0.522. The topological polar surface area (TPSA) is 69.1 Å². The quantitative estimate of drug-likeness (QED) is 0.631. The van der Waals surface area contributed by atoms with E-state index in [-0.39, 0.29) is 0 Å². The van der Waals surface area contributed by atoms with Crippen molar-refractivity contribution in [2.75, 3.05) is 5.73 Å². The van der Waals surface area contributed by atoms with Gasteiger partial charge in [-0.05, 0) is 23.3 Å². The zero-order valence-electron chi connectivity index (χ0n) is 12.4. The van der Waals surface area contributed by atoms with Gasteiger partial charge >= 0.3 is 0 Å². The normalized spacial score (nSPS) is 11.0. The van der Waals surface area contributed by atoms with E-state index in [9.17, 15) is 0 Å². The summed E-state index contributed by atoms with van der Waals surface area (Å²) < 4.78 is 1.75. The fourth-order valence-electron chi connectivity index (χ4n) is 2.66. The lowest BCUT2D eigenvalue weighted by Gasteiger charge is -2.03. The molecule has 3 heterocycles. The van der Waals surface area contributed by atoms with Crippen LogP contribution in [0.3, 0.4) is 0 Å². The van der Waals surface area contributed by atoms with E-state index in [0.29, 0.717) is 5.82 Å². The van der Waals surface area contributed by atoms with Crippen LogP contribution in [-0.2, 0) is 6.42 Å². The van der Waals surface area contributed by atoms with E-state index in [2.05, 4.69) is 27.2 Å². The predicted octanol–water partition coefficient (Wildman–Crippen LogP) is 2.96. The van der Waals surface area contributed by atoms with Gasteiger partial charge < -0.3 is 5.73 Å². The SMILES string of the molecule is Nc1nn2cc(-c3ccncc3)cnc2c1Cc1ccccc1. The van der Waals surface area contributed by atoms with Gasteiger partial charge in [-0.1, -0.05) is 30.3 Å². The van der Waals surface area contributed by atoms with Crippen molar-refractivity contribution in [1.29, 1.82) is 0 Å². The van der Waals surface area contributed by atoms with Gasteiger partial charge in [0, 0.05) is 42.3 Å². The number of pyridine rings is 1. The molecule has 0 amide bonds. The number of nitrogen functional groups attached to an aromatic ring is 1. The summed E-state index contributed by atoms with van der Waals surface area (Å²) >= 11 is 0. The van der Waals surface area contributed by atoms with Crippen molar-refractivity contribution in [1.82, 2.24) is 19.6 Å². The lowest BCUT2D eigenvalue weighted by Crippen LogP contribution is -1.94. The Morgan fingerprint density at radius 3 is 2.52 bits per heavy atom. The second-order valence-electron chi connectivity index (χ2n) is 5.37. The Bertz CT molecular complexity index is 945. The number of hydrogen-bond acceptors (Lipinski definition) is 4. The molecule has 0 saturated heterocycles. The predicted molar refractivity (Wildman–Crippen MR) is 89.9 cm³/mol. The lowest BCUT2D eigenvalue weighted by molar-refractivity contribution is 0.946. The summed E-state index contributed by atoms with van der Waals surface area (Å²) in [6.45, 7) is 0. The van der Waals surface area contributed by atoms with E-state index in [0.717, 1.165) is 28.8 Å². The molecule has 2 N–H and O–H groups in total. The number of nitrogens with two attached hydrogens (primary N) is 1. The minimum Gasteiger partial charge on any atom is -0.382 e. The molecule has 0 atom stereocenters. The first-order valence-corrected chi connectivity index (χ1v) is 7.38. The summed E-state index contributed by atoms with van der Waals surface area (Å²) in [5.74, 6) is 0.522. The molecule has 0 unspecified atom stereocenters. The summed E-state index contributed by atoms with van der Waals surface area (Å²) in [6, 6.07) is 14.1. The Kier molecular flexibility index (Phi) is 3.24. The Hall–Kier alpha value is -3.21. The molecule has 0 aliphatic heterocycles. The smallest absolute Gasteiger partial charge is 0.160 e. The summed E-state index contributed by atoms with van der Waals surface area (Å²) in [5, 5.41) is 4.41. The molecule has 0 bridgehead atoms. The van der Waals surface area contributed by atoms with Crippen LogP contribution in [0.15, 0.2) is 67.3 Å². The second-order valence-corrected chi connectivity index (χ2v) is 5.37. The highest BCUT2D eigenvalue weighted by Gasteiger charge is 2.13. The average molecular weight is 301 g/mol. The molecule has 5 heteroatoms. The molecule has 3 aromatic heterocycles. The van der Waals surface area contributed by atoms with Crippen molar-refractivity contribution in [3.05, 3.63) is 78.4 Å². The van der Waals surface area contributed by atoms with Crippen LogP contribution in [0.25, 0.3) is 16.8 Å². The maximum atomic E-state index is 6.11. The van der Waals surface area contributed by atoms with Gasteiger partial charge in [-0.2, -0.15) is 0 Å². The highest BCUT2D eigenvalue weighted by molar-refractivity contribution is 5.66. The fraction of sp³-hybridized carbons (Fsp3) is 0.0556. The second kappa shape index (κ2) is 5.53. The van der Waals surface area contributed by atoms with Crippen molar-refractivity contribution >= 4 is 11.5 Å². The van der Waals surface area contributed by atoms with Gasteiger partial charge in [0.2, 0.25) is 0 Å². The minimum atomic E-state index is 0.522. The lowest BCUT2D eigenvalue weighted by atomic mass is 10.1. The molecule has 0 saturated carbocycles. The van der Waals surface area contributed by atoms with Crippen LogP contribution >= 0.6 is 0 Å². The fourth-order valence-corrected chi connectivity index (χ4v) is 2.66. The molecule has 23 heavy (non-hydrogen) atoms. The van der Waals surface area contributed by atoms with Gasteiger partial charge in [0.25, 0.3) is 0 Å². The van der Waals surface area contributed by atoms with Crippen molar-refractivity contribution in [3.63, 3.8) is 0 Å². The number of benzene rings is 1. The molecule has 0 fully saturated rings. The first kappa shape index (κ1) is 13.5. The first-order chi connectivity index (χ1) is 11.3. The average Bonchev–Trinajstić information content (AvgIpc) is 2.91. The highest BCUT2D eigenvalue weighted by Crippen LogP contribution is 2.23. The molecule has 5 nitrogen and oxygen atoms in total. The van der Waals surface area contributed by atoms with E-state index in [1.54, 1.807) is 16.9 Å². The highest BCUT2D eigenvalue weighted by atomic mass is 15.3. The molecule has 0 aliphatic carbocycles. The third kappa shape index (κ3) is 2.53. The standard InChI is InChI=1S/C18H15N5/c19-17-16(10-13-4-2-1-3-5-13)18-21-11-15(12-23(18)22-17)14-6-8-20-9-7-14/h1-9,11-12H,10H2,(H2,19,22). The van der Waals surface area contributed by atoms with Gasteiger partial charge in [-0.25, -0.2) is 9.50 Å². The van der Waals surface area contributed by atoms with Crippen molar-refractivity contribution in [2.24, 2.45) is 0 Å². The van der Waals surface area contributed by atoms with E-state index in [4.69, 9.17) is 5.73 Å². The van der Waals surface area contributed by atoms with Gasteiger partial charge in [0.1, 0.15) is 0 Å². The molecule has 0 spiro atoms. The molecule has 112 valence electrons. The largest absolute Gasteiger partial charge is 0.382 e. The van der Waals surface area contributed by atoms with Gasteiger partial charge in [0.05, 0.1) is 0 Å². The maximum Gasteiger partial charge on any atom is 0.160 e. The zero-order valence-corrected chi connectivity index (χ0v) is 12.4. The summed E-state index contributed by atoms with van der Waals surface area (Å²) in [5.41, 5.74) is 11.1. The van der Waals surface area contributed by atoms with Gasteiger partial charge in [-0.3, -0.25) is 4.98 Å². The van der Waals surface area contributed by atoms with Crippen molar-refractivity contribution in [3.8, 4) is 11.1 Å². The van der Waals surface area contributed by atoms with Crippen LogP contribution in [0.5, 0.6) is 0 Å². The van der Waals surface area contributed by atoms with Crippen LogP contribution in [0, 0.1) is 0 Å². The van der Waals surface area contributed by atoms with E-state index in [1.807, 2.05) is 42.7 Å². The Morgan fingerprint density at radius 1 is 0.957 bits per heavy atom. The monoisotopic (exact) mass is 301 g/mol. The molecule has 4 aromatic rings. The molecule has 4 rings (SSSR count). The molecule has 1 aromatic carbocycles. The van der Waals surface area contributed by atoms with E-state index >= 15 is 0 Å². The van der Waals surface area contributed by atoms with Crippen LogP contribution in [0.2, 0.25) is 0 Å². The van der Waals surface area contributed by atoms with Gasteiger partial charge in [0.15, 0.2) is 11.5 Å². The van der Waals surface area contributed by atoms with Crippen LogP contribution in [0.4, 0.5) is 5.82 Å². The van der Waals surface area contributed by atoms with Crippen LogP contribution < -0.4 is 5.73 Å². The number of fused-ring (bicyclic) bond motifs is 1. The Morgan fingerprint density at radius 2 is 1.74 bits per heavy atom. The molecule has 0 radical (unpaired) electrons. The van der Waals surface area contributed by atoms with Gasteiger partial charge in [-0.15, -0.1) is 5.10 Å². The number of hydrogen-bond donors (Lipinski definition) is 1. The molecular formula is C18H15N5. The Balaban J connectivity index is 1.77. The van der Waals surface area contributed by atoms with E-state index < -0.39 is 0 Å². The third-order valence-electron chi connectivity index (χ3n) is 3.84.